The third kappa shape index (κ3) is 6.21. The van der Waals surface area contributed by atoms with Crippen LogP contribution in [0.4, 0.5) is 0 Å². The summed E-state index contributed by atoms with van der Waals surface area (Å²) in [7, 11) is 1.84. The van der Waals surface area contributed by atoms with Crippen LogP contribution < -0.4 is 5.32 Å². The molecule has 1 fully saturated rings. The number of hydrogen-bond acceptors (Lipinski definition) is 4. The van der Waals surface area contributed by atoms with Gasteiger partial charge in [0.1, 0.15) is 0 Å². The minimum Gasteiger partial charge on any atom is -0.377 e. The Labute approximate surface area is 119 Å². The van der Waals surface area contributed by atoms with E-state index < -0.39 is 0 Å². The van der Waals surface area contributed by atoms with Crippen LogP contribution in [0, 0.1) is 0 Å². The van der Waals surface area contributed by atoms with E-state index in [1.807, 2.05) is 7.11 Å². The summed E-state index contributed by atoms with van der Waals surface area (Å²) in [4.78, 5) is 4.98. The molecule has 1 aliphatic rings. The Morgan fingerprint density at radius 1 is 1.26 bits per heavy atom. The van der Waals surface area contributed by atoms with Crippen LogP contribution in [0.1, 0.15) is 33.6 Å². The van der Waals surface area contributed by atoms with Crippen LogP contribution >= 0.6 is 0 Å². The van der Waals surface area contributed by atoms with Gasteiger partial charge in [-0.25, -0.2) is 0 Å². The van der Waals surface area contributed by atoms with Crippen LogP contribution in [0.25, 0.3) is 0 Å². The first-order valence-corrected chi connectivity index (χ1v) is 7.84. The number of nitrogens with zero attached hydrogens (tertiary/aromatic N) is 2. The lowest BCUT2D eigenvalue weighted by Gasteiger charge is -2.39. The molecule has 0 amide bonds. The lowest BCUT2D eigenvalue weighted by atomic mass is 9.95. The first kappa shape index (κ1) is 16.9. The van der Waals surface area contributed by atoms with Gasteiger partial charge in [0.2, 0.25) is 0 Å². The Kier molecular flexibility index (Phi) is 7.91. The van der Waals surface area contributed by atoms with Gasteiger partial charge in [0.15, 0.2) is 0 Å². The Bertz CT molecular complexity index is 233. The van der Waals surface area contributed by atoms with E-state index in [-0.39, 0.29) is 5.60 Å². The Hall–Kier alpha value is -0.160. The smallest absolute Gasteiger partial charge is 0.0777 e. The summed E-state index contributed by atoms with van der Waals surface area (Å²) >= 11 is 0. The molecular weight excluding hydrogens is 238 g/mol. The molecule has 114 valence electrons. The zero-order valence-electron chi connectivity index (χ0n) is 13.4. The molecule has 1 rings (SSSR count). The molecule has 4 heteroatoms. The minimum absolute atomic E-state index is 0.0689. The first-order chi connectivity index (χ1) is 9.13. The summed E-state index contributed by atoms with van der Waals surface area (Å²) in [5.41, 5.74) is 0.0689. The predicted octanol–water partition coefficient (Wildman–Crippen LogP) is 1.42. The van der Waals surface area contributed by atoms with Gasteiger partial charge in [-0.05, 0) is 39.4 Å². The van der Waals surface area contributed by atoms with Crippen molar-refractivity contribution in [1.29, 1.82) is 0 Å². The number of methoxy groups -OCH3 is 1. The number of likely N-dealkylation sites (N-methyl/N-ethyl adjacent to an activating group) is 1. The van der Waals surface area contributed by atoms with Gasteiger partial charge >= 0.3 is 0 Å². The van der Waals surface area contributed by atoms with Crippen molar-refractivity contribution in [1.82, 2.24) is 15.1 Å². The van der Waals surface area contributed by atoms with Crippen LogP contribution in [0.2, 0.25) is 0 Å². The summed E-state index contributed by atoms with van der Waals surface area (Å²) in [6.45, 7) is 15.7. The van der Waals surface area contributed by atoms with Crippen molar-refractivity contribution in [2.45, 2.75) is 39.2 Å². The van der Waals surface area contributed by atoms with Gasteiger partial charge in [0.25, 0.3) is 0 Å². The molecule has 1 saturated heterocycles. The van der Waals surface area contributed by atoms with Gasteiger partial charge in [0, 0.05) is 39.8 Å². The van der Waals surface area contributed by atoms with Crippen LogP contribution in [-0.4, -0.2) is 74.9 Å². The van der Waals surface area contributed by atoms with Crippen LogP contribution in [0.3, 0.4) is 0 Å². The molecule has 1 N–H and O–H groups in total. The van der Waals surface area contributed by atoms with Gasteiger partial charge in [-0.3, -0.25) is 4.90 Å². The van der Waals surface area contributed by atoms with Gasteiger partial charge in [-0.15, -0.1) is 0 Å². The average Bonchev–Trinajstić information content (AvgIpc) is 2.43. The molecule has 4 nitrogen and oxygen atoms in total. The molecule has 0 aliphatic carbocycles. The van der Waals surface area contributed by atoms with E-state index in [2.05, 4.69) is 35.9 Å². The van der Waals surface area contributed by atoms with Crippen molar-refractivity contribution in [2.24, 2.45) is 0 Å². The molecule has 1 aliphatic heterocycles. The monoisotopic (exact) mass is 271 g/mol. The van der Waals surface area contributed by atoms with E-state index in [0.717, 1.165) is 45.8 Å². The quantitative estimate of drug-likeness (QED) is 0.642. The highest BCUT2D eigenvalue weighted by atomic mass is 16.5. The number of nitrogens with one attached hydrogen (secondary N) is 1. The van der Waals surface area contributed by atoms with Gasteiger partial charge in [-0.2, -0.15) is 0 Å². The molecule has 1 atom stereocenters. The highest BCUT2D eigenvalue weighted by Crippen LogP contribution is 2.23. The third-order valence-electron chi connectivity index (χ3n) is 4.33. The molecule has 0 aromatic heterocycles. The van der Waals surface area contributed by atoms with E-state index in [1.54, 1.807) is 0 Å². The Morgan fingerprint density at radius 3 is 2.63 bits per heavy atom. The van der Waals surface area contributed by atoms with Crippen LogP contribution in [-0.2, 0) is 4.74 Å². The molecule has 0 aromatic carbocycles. The van der Waals surface area contributed by atoms with E-state index in [4.69, 9.17) is 4.74 Å². The lowest BCUT2D eigenvalue weighted by Crippen LogP contribution is -2.49. The Balaban J connectivity index is 2.09. The maximum atomic E-state index is 5.63. The lowest BCUT2D eigenvalue weighted by molar-refractivity contribution is -0.0502. The molecule has 1 unspecified atom stereocenters. The van der Waals surface area contributed by atoms with E-state index >= 15 is 0 Å². The van der Waals surface area contributed by atoms with E-state index in [0.29, 0.717) is 0 Å². The summed E-state index contributed by atoms with van der Waals surface area (Å²) in [5.74, 6) is 0. The molecule has 19 heavy (non-hydrogen) atoms. The first-order valence-electron chi connectivity index (χ1n) is 7.84. The fourth-order valence-electron chi connectivity index (χ4n) is 2.80. The summed E-state index contributed by atoms with van der Waals surface area (Å²) < 4.78 is 5.63. The summed E-state index contributed by atoms with van der Waals surface area (Å²) in [6.07, 6.45) is 2.44. The fourth-order valence-corrected chi connectivity index (χ4v) is 2.80. The molecule has 0 bridgehead atoms. The average molecular weight is 271 g/mol. The van der Waals surface area contributed by atoms with Crippen molar-refractivity contribution in [3.63, 3.8) is 0 Å². The molecule has 0 radical (unpaired) electrons. The third-order valence-corrected chi connectivity index (χ3v) is 4.33. The van der Waals surface area contributed by atoms with Crippen LogP contribution in [0.5, 0.6) is 0 Å². The second-order valence-electron chi connectivity index (χ2n) is 5.81. The maximum absolute atomic E-state index is 5.63. The predicted molar refractivity (Wildman–Crippen MR) is 81.7 cm³/mol. The molecule has 1 heterocycles. The minimum atomic E-state index is 0.0689. The van der Waals surface area contributed by atoms with Crippen molar-refractivity contribution in [3.8, 4) is 0 Å². The van der Waals surface area contributed by atoms with Crippen molar-refractivity contribution < 1.29 is 4.74 Å². The normalized spacial score (nSPS) is 25.1. The standard InChI is InChI=1S/C15H33N3O/c1-5-17(6-2)12-9-16-10-13-18-11-7-8-15(3,14-18)19-4/h16H,5-14H2,1-4H3. The number of rotatable bonds is 9. The largest absolute Gasteiger partial charge is 0.377 e. The van der Waals surface area contributed by atoms with Crippen molar-refractivity contribution in [3.05, 3.63) is 0 Å². The van der Waals surface area contributed by atoms with E-state index in [9.17, 15) is 0 Å². The highest BCUT2D eigenvalue weighted by molar-refractivity contribution is 4.84. The molecule has 0 aromatic rings. The number of hydrogen-bond donors (Lipinski definition) is 1. The topological polar surface area (TPSA) is 27.7 Å². The van der Waals surface area contributed by atoms with E-state index in [1.165, 1.54) is 19.4 Å². The molecular formula is C15H33N3O. The zero-order chi connectivity index (χ0) is 14.1. The SMILES string of the molecule is CCN(CC)CCNCCN1CCCC(C)(OC)C1. The molecule has 0 spiro atoms. The second-order valence-corrected chi connectivity index (χ2v) is 5.81. The van der Waals surface area contributed by atoms with Gasteiger partial charge < -0.3 is 15.0 Å². The van der Waals surface area contributed by atoms with Crippen LogP contribution in [0.15, 0.2) is 0 Å². The van der Waals surface area contributed by atoms with Gasteiger partial charge in [0.05, 0.1) is 5.60 Å². The second kappa shape index (κ2) is 8.90. The zero-order valence-corrected chi connectivity index (χ0v) is 13.4. The highest BCUT2D eigenvalue weighted by Gasteiger charge is 2.30. The summed E-state index contributed by atoms with van der Waals surface area (Å²) in [6, 6.07) is 0. The fraction of sp³-hybridized carbons (Fsp3) is 1.00. The maximum Gasteiger partial charge on any atom is 0.0777 e. The van der Waals surface area contributed by atoms with Crippen molar-refractivity contribution >= 4 is 0 Å². The number of ether oxygens (including phenoxy) is 1. The number of piperidine rings is 1. The number of likely N-dealkylation sites (tertiary alicyclic amines) is 1. The van der Waals surface area contributed by atoms with Crippen molar-refractivity contribution in [2.75, 3.05) is 59.5 Å². The summed E-state index contributed by atoms with van der Waals surface area (Å²) in [5, 5.41) is 3.55. The molecule has 0 saturated carbocycles. The Morgan fingerprint density at radius 2 is 2.00 bits per heavy atom. The van der Waals surface area contributed by atoms with Gasteiger partial charge in [-0.1, -0.05) is 13.8 Å².